The van der Waals surface area contributed by atoms with Crippen LogP contribution in [0, 0.1) is 5.92 Å². The lowest BCUT2D eigenvalue weighted by Gasteiger charge is -2.35. The molecule has 96 valence electrons. The molecule has 0 aromatic carbocycles. The zero-order valence-corrected chi connectivity index (χ0v) is 10.8. The number of nitrogens with zero attached hydrogens (tertiary/aromatic N) is 2. The van der Waals surface area contributed by atoms with Crippen LogP contribution in [-0.4, -0.2) is 26.8 Å². The smallest absolute Gasteiger partial charge is 0.0945 e. The second kappa shape index (κ2) is 5.19. The van der Waals surface area contributed by atoms with E-state index in [-0.39, 0.29) is 0 Å². The van der Waals surface area contributed by atoms with Crippen molar-refractivity contribution < 1.29 is 5.11 Å². The molecule has 1 heterocycles. The SMILES string of the molecule is CC1CCCC(O)(CNCc2cncn2C)C1. The van der Waals surface area contributed by atoms with Gasteiger partial charge in [0.05, 0.1) is 17.6 Å². The number of rotatable bonds is 4. The van der Waals surface area contributed by atoms with Crippen LogP contribution in [0.2, 0.25) is 0 Å². The second-order valence-corrected chi connectivity index (χ2v) is 5.53. The maximum atomic E-state index is 10.5. The summed E-state index contributed by atoms with van der Waals surface area (Å²) in [4.78, 5) is 4.08. The fourth-order valence-electron chi connectivity index (χ4n) is 2.77. The van der Waals surface area contributed by atoms with Crippen molar-refractivity contribution in [3.63, 3.8) is 0 Å². The molecule has 2 atom stereocenters. The average Bonchev–Trinajstić information content (AvgIpc) is 2.64. The minimum atomic E-state index is -0.504. The van der Waals surface area contributed by atoms with Gasteiger partial charge in [0, 0.05) is 26.3 Å². The highest BCUT2D eigenvalue weighted by molar-refractivity contribution is 4.97. The normalized spacial score (nSPS) is 29.5. The van der Waals surface area contributed by atoms with Crippen LogP contribution < -0.4 is 5.32 Å². The highest BCUT2D eigenvalue weighted by Gasteiger charge is 2.31. The lowest BCUT2D eigenvalue weighted by molar-refractivity contribution is -0.0120. The van der Waals surface area contributed by atoms with Crippen molar-refractivity contribution in [2.45, 2.75) is 44.8 Å². The molecule has 1 aliphatic rings. The first-order chi connectivity index (χ1) is 8.09. The third-order valence-corrected chi connectivity index (χ3v) is 3.74. The largest absolute Gasteiger partial charge is 0.389 e. The summed E-state index contributed by atoms with van der Waals surface area (Å²) in [6, 6.07) is 0. The molecule has 1 aromatic rings. The van der Waals surface area contributed by atoms with Crippen molar-refractivity contribution in [1.29, 1.82) is 0 Å². The van der Waals surface area contributed by atoms with Crippen LogP contribution in [0.5, 0.6) is 0 Å². The Kier molecular flexibility index (Phi) is 3.84. The molecule has 1 saturated carbocycles. The molecule has 2 unspecified atom stereocenters. The van der Waals surface area contributed by atoms with E-state index in [4.69, 9.17) is 0 Å². The molecule has 0 aliphatic heterocycles. The van der Waals surface area contributed by atoms with Gasteiger partial charge in [0.25, 0.3) is 0 Å². The van der Waals surface area contributed by atoms with Gasteiger partial charge in [0.2, 0.25) is 0 Å². The maximum Gasteiger partial charge on any atom is 0.0945 e. The Labute approximate surface area is 103 Å². The van der Waals surface area contributed by atoms with Gasteiger partial charge in [-0.1, -0.05) is 19.8 Å². The molecule has 0 radical (unpaired) electrons. The van der Waals surface area contributed by atoms with Crippen LogP contribution in [0.25, 0.3) is 0 Å². The first-order valence-electron chi connectivity index (χ1n) is 6.47. The van der Waals surface area contributed by atoms with Gasteiger partial charge in [-0.25, -0.2) is 4.98 Å². The summed E-state index contributed by atoms with van der Waals surface area (Å²) < 4.78 is 2.00. The minimum Gasteiger partial charge on any atom is -0.389 e. The molecule has 0 spiro atoms. The van der Waals surface area contributed by atoms with Gasteiger partial charge in [-0.15, -0.1) is 0 Å². The van der Waals surface area contributed by atoms with E-state index in [0.717, 1.165) is 31.5 Å². The third-order valence-electron chi connectivity index (χ3n) is 3.74. The monoisotopic (exact) mass is 237 g/mol. The molecule has 2 N–H and O–H groups in total. The Bertz CT molecular complexity index is 363. The molecule has 17 heavy (non-hydrogen) atoms. The van der Waals surface area contributed by atoms with Crippen molar-refractivity contribution in [1.82, 2.24) is 14.9 Å². The van der Waals surface area contributed by atoms with Crippen molar-refractivity contribution in [2.75, 3.05) is 6.54 Å². The molecule has 1 aromatic heterocycles. The first kappa shape index (κ1) is 12.6. The van der Waals surface area contributed by atoms with Crippen LogP contribution in [0.3, 0.4) is 0 Å². The van der Waals surface area contributed by atoms with Gasteiger partial charge >= 0.3 is 0 Å². The Morgan fingerprint density at radius 3 is 3.12 bits per heavy atom. The van der Waals surface area contributed by atoms with E-state index in [1.54, 1.807) is 6.33 Å². The van der Waals surface area contributed by atoms with E-state index >= 15 is 0 Å². The topological polar surface area (TPSA) is 50.1 Å². The fourth-order valence-corrected chi connectivity index (χ4v) is 2.77. The highest BCUT2D eigenvalue weighted by Crippen LogP contribution is 2.31. The van der Waals surface area contributed by atoms with Crippen molar-refractivity contribution >= 4 is 0 Å². The zero-order chi connectivity index (χ0) is 12.3. The second-order valence-electron chi connectivity index (χ2n) is 5.53. The van der Waals surface area contributed by atoms with E-state index in [1.807, 2.05) is 17.8 Å². The molecule has 4 heteroatoms. The lowest BCUT2D eigenvalue weighted by Crippen LogP contribution is -2.43. The molecule has 0 amide bonds. The van der Waals surface area contributed by atoms with Crippen LogP contribution in [0.15, 0.2) is 12.5 Å². The summed E-state index contributed by atoms with van der Waals surface area (Å²) in [6.07, 6.45) is 7.91. The molecular weight excluding hydrogens is 214 g/mol. The van der Waals surface area contributed by atoms with Gasteiger partial charge in [-0.2, -0.15) is 0 Å². The first-order valence-corrected chi connectivity index (χ1v) is 6.47. The summed E-state index contributed by atoms with van der Waals surface area (Å²) >= 11 is 0. The Balaban J connectivity index is 1.79. The number of imidazole rings is 1. The molecule has 1 fully saturated rings. The number of aliphatic hydroxyl groups is 1. The van der Waals surface area contributed by atoms with E-state index in [1.165, 1.54) is 6.42 Å². The van der Waals surface area contributed by atoms with E-state index in [9.17, 15) is 5.11 Å². The third kappa shape index (κ3) is 3.30. The van der Waals surface area contributed by atoms with Gasteiger partial charge in [0.1, 0.15) is 0 Å². The highest BCUT2D eigenvalue weighted by atomic mass is 16.3. The molecule has 0 saturated heterocycles. The van der Waals surface area contributed by atoms with Crippen molar-refractivity contribution in [2.24, 2.45) is 13.0 Å². The number of hydrogen-bond donors (Lipinski definition) is 2. The number of nitrogens with one attached hydrogen (secondary N) is 1. The summed E-state index contributed by atoms with van der Waals surface area (Å²) in [5.74, 6) is 0.646. The van der Waals surface area contributed by atoms with E-state index in [2.05, 4.69) is 17.2 Å². The lowest BCUT2D eigenvalue weighted by atomic mass is 9.79. The van der Waals surface area contributed by atoms with Gasteiger partial charge < -0.3 is 15.0 Å². The Morgan fingerprint density at radius 2 is 2.47 bits per heavy atom. The molecule has 1 aliphatic carbocycles. The maximum absolute atomic E-state index is 10.5. The predicted octanol–water partition coefficient (Wildman–Crippen LogP) is 1.45. The minimum absolute atomic E-state index is 0.504. The average molecular weight is 237 g/mol. The van der Waals surface area contributed by atoms with Crippen molar-refractivity contribution in [3.05, 3.63) is 18.2 Å². The van der Waals surface area contributed by atoms with Crippen LogP contribution in [0.4, 0.5) is 0 Å². The van der Waals surface area contributed by atoms with Crippen molar-refractivity contribution in [3.8, 4) is 0 Å². The number of aryl methyl sites for hydroxylation is 1. The summed E-state index contributed by atoms with van der Waals surface area (Å²) in [5, 5.41) is 13.8. The standard InChI is InChI=1S/C13H23N3O/c1-11-4-3-5-13(17,6-11)9-14-7-12-8-15-10-16(12)2/h8,10-11,14,17H,3-7,9H2,1-2H3. The molecule has 0 bridgehead atoms. The molecule has 4 nitrogen and oxygen atoms in total. The number of aromatic nitrogens is 2. The van der Waals surface area contributed by atoms with Gasteiger partial charge in [-0.05, 0) is 18.8 Å². The fraction of sp³-hybridized carbons (Fsp3) is 0.769. The predicted molar refractivity (Wildman–Crippen MR) is 67.5 cm³/mol. The quantitative estimate of drug-likeness (QED) is 0.833. The summed E-state index contributed by atoms with van der Waals surface area (Å²) in [5.41, 5.74) is 0.647. The Hall–Kier alpha value is -0.870. The van der Waals surface area contributed by atoms with Gasteiger partial charge in [-0.3, -0.25) is 0 Å². The van der Waals surface area contributed by atoms with Crippen LogP contribution in [-0.2, 0) is 13.6 Å². The van der Waals surface area contributed by atoms with Gasteiger partial charge in [0.15, 0.2) is 0 Å². The summed E-state index contributed by atoms with van der Waals surface area (Å²) in [6.45, 7) is 3.68. The van der Waals surface area contributed by atoms with E-state index in [0.29, 0.717) is 12.5 Å². The van der Waals surface area contributed by atoms with E-state index < -0.39 is 5.60 Å². The Morgan fingerprint density at radius 1 is 1.65 bits per heavy atom. The molecule has 2 rings (SSSR count). The van der Waals surface area contributed by atoms with Crippen LogP contribution in [0.1, 0.15) is 38.3 Å². The van der Waals surface area contributed by atoms with Crippen LogP contribution >= 0.6 is 0 Å². The zero-order valence-electron chi connectivity index (χ0n) is 10.8. The summed E-state index contributed by atoms with van der Waals surface area (Å²) in [7, 11) is 1.99. The number of hydrogen-bond acceptors (Lipinski definition) is 3. The molecular formula is C13H23N3O.